The number of hydrogen-bond acceptors (Lipinski definition) is 5. The van der Waals surface area contributed by atoms with Crippen LogP contribution in [0.2, 0.25) is 0 Å². The van der Waals surface area contributed by atoms with E-state index in [9.17, 15) is 8.42 Å². The highest BCUT2D eigenvalue weighted by Gasteiger charge is 2.13. The molecule has 3 N–H and O–H groups in total. The van der Waals surface area contributed by atoms with Gasteiger partial charge in [-0.3, -0.25) is 14.7 Å². The minimum absolute atomic E-state index is 0.253. The van der Waals surface area contributed by atoms with Crippen molar-refractivity contribution in [3.8, 4) is 0 Å². The number of nitrogens with one attached hydrogen (secondary N) is 1. The summed E-state index contributed by atoms with van der Waals surface area (Å²) in [6.07, 6.45) is 7.02. The number of pyridine rings is 2. The lowest BCUT2D eigenvalue weighted by Crippen LogP contribution is -2.12. The van der Waals surface area contributed by atoms with Crippen LogP contribution in [0.1, 0.15) is 5.56 Å². The monoisotopic (exact) mass is 442 g/mol. The number of nitrogens with zero attached hydrogens (tertiary/aromatic N) is 2. The van der Waals surface area contributed by atoms with Gasteiger partial charge in [0.15, 0.2) is 0 Å². The van der Waals surface area contributed by atoms with Gasteiger partial charge in [0, 0.05) is 46.9 Å². The van der Waals surface area contributed by atoms with Crippen molar-refractivity contribution in [3.05, 3.63) is 103 Å². The van der Waals surface area contributed by atoms with Crippen molar-refractivity contribution >= 4 is 42.9 Å². The highest BCUT2D eigenvalue weighted by Crippen LogP contribution is 2.21. The average molecular weight is 443 g/mol. The van der Waals surface area contributed by atoms with Crippen molar-refractivity contribution in [1.82, 2.24) is 9.97 Å². The van der Waals surface area contributed by atoms with E-state index in [1.807, 2.05) is 49.5 Å². The predicted molar refractivity (Wildman–Crippen MR) is 130 cm³/mol. The van der Waals surface area contributed by atoms with Crippen molar-refractivity contribution < 1.29 is 8.42 Å². The molecule has 2 aromatic heterocycles. The molecule has 0 radical (unpaired) electrons. The van der Waals surface area contributed by atoms with E-state index in [0.717, 1.165) is 32.8 Å². The number of nitrogens with two attached hydrogens (primary N) is 1. The molecule has 0 bridgehead atoms. The number of sulfonamides is 1. The number of anilines is 2. The topological polar surface area (TPSA) is 98.0 Å². The largest absolute Gasteiger partial charge is 0.399 e. The average Bonchev–Trinajstić information content (AvgIpc) is 2.79. The van der Waals surface area contributed by atoms with E-state index in [2.05, 4.69) is 14.7 Å². The lowest BCUT2D eigenvalue weighted by molar-refractivity contribution is 0.601. The summed E-state index contributed by atoms with van der Waals surface area (Å²) in [6.45, 7) is 1.92. The molecule has 6 nitrogen and oxygen atoms in total. The van der Waals surface area contributed by atoms with E-state index >= 15 is 0 Å². The molecule has 0 saturated carbocycles. The first-order chi connectivity index (χ1) is 15.4. The van der Waals surface area contributed by atoms with E-state index < -0.39 is 10.0 Å². The summed E-state index contributed by atoms with van der Waals surface area (Å²) in [5.41, 5.74) is 7.96. The van der Waals surface area contributed by atoms with Gasteiger partial charge in [0.1, 0.15) is 0 Å². The number of fused-ring (bicyclic) bond motifs is 2. The quantitative estimate of drug-likeness (QED) is 0.376. The molecule has 32 heavy (non-hydrogen) atoms. The fraction of sp³-hybridized carbons (Fsp3) is 0.0400. The van der Waals surface area contributed by atoms with Gasteiger partial charge in [-0.05, 0) is 66.2 Å². The molecule has 160 valence electrons. The van der Waals surface area contributed by atoms with Crippen LogP contribution in [-0.4, -0.2) is 18.4 Å². The molecule has 0 amide bonds. The molecule has 0 saturated heterocycles. The number of benzene rings is 3. The molecule has 7 heteroatoms. The van der Waals surface area contributed by atoms with Crippen molar-refractivity contribution in [2.24, 2.45) is 0 Å². The normalized spacial score (nSPS) is 11.0. The van der Waals surface area contributed by atoms with E-state index in [4.69, 9.17) is 5.73 Å². The van der Waals surface area contributed by atoms with E-state index in [1.165, 1.54) is 0 Å². The van der Waals surface area contributed by atoms with E-state index in [-0.39, 0.29) is 4.90 Å². The summed E-state index contributed by atoms with van der Waals surface area (Å²) in [4.78, 5) is 8.29. The van der Waals surface area contributed by atoms with Gasteiger partial charge in [-0.15, -0.1) is 0 Å². The molecule has 0 spiro atoms. The van der Waals surface area contributed by atoms with Crippen LogP contribution >= 0.6 is 0 Å². The number of aryl methyl sites for hydroxylation is 1. The molecule has 5 rings (SSSR count). The van der Waals surface area contributed by atoms with Gasteiger partial charge in [0.25, 0.3) is 10.0 Å². The Labute approximate surface area is 186 Å². The van der Waals surface area contributed by atoms with Crippen LogP contribution in [0, 0.1) is 6.92 Å². The second-order valence-corrected chi connectivity index (χ2v) is 9.02. The molecule has 5 aromatic rings. The van der Waals surface area contributed by atoms with Crippen LogP contribution in [0.15, 0.2) is 102 Å². The Morgan fingerprint density at radius 1 is 0.719 bits per heavy atom. The lowest BCUT2D eigenvalue weighted by Gasteiger charge is -2.09. The molecular formula is C25H22N4O2S. The maximum absolute atomic E-state index is 12.3. The second kappa shape index (κ2) is 9.03. The third-order valence-electron chi connectivity index (χ3n) is 4.89. The maximum atomic E-state index is 12.3. The second-order valence-electron chi connectivity index (χ2n) is 7.34. The number of hydrogen-bond donors (Lipinski definition) is 2. The summed E-state index contributed by atoms with van der Waals surface area (Å²) >= 11 is 0. The van der Waals surface area contributed by atoms with Crippen LogP contribution in [0.3, 0.4) is 0 Å². The Balaban J connectivity index is 0.000000186. The van der Waals surface area contributed by atoms with Crippen molar-refractivity contribution in [2.75, 3.05) is 10.5 Å². The van der Waals surface area contributed by atoms with E-state index in [1.54, 1.807) is 55.0 Å². The van der Waals surface area contributed by atoms with Gasteiger partial charge in [0.05, 0.1) is 4.90 Å². The molecule has 3 aromatic carbocycles. The van der Waals surface area contributed by atoms with Crippen LogP contribution in [-0.2, 0) is 10.0 Å². The zero-order valence-electron chi connectivity index (χ0n) is 17.4. The number of nitrogen functional groups attached to an aromatic ring is 1. The fourth-order valence-corrected chi connectivity index (χ4v) is 4.23. The van der Waals surface area contributed by atoms with Crippen molar-refractivity contribution in [2.45, 2.75) is 11.8 Å². The Bertz CT molecular complexity index is 1480. The highest BCUT2D eigenvalue weighted by atomic mass is 32.2. The van der Waals surface area contributed by atoms with E-state index in [0.29, 0.717) is 5.69 Å². The SMILES string of the molecule is Cc1ccc(S(=O)(=O)Nc2ccc3cnccc3c2)cc1.Nc1ccc2cnccc2c1. The maximum Gasteiger partial charge on any atom is 0.261 e. The third kappa shape index (κ3) is 5.01. The van der Waals surface area contributed by atoms with Gasteiger partial charge in [-0.25, -0.2) is 8.42 Å². The molecule has 0 aliphatic rings. The molecule has 0 atom stereocenters. The Morgan fingerprint density at radius 2 is 1.31 bits per heavy atom. The predicted octanol–water partition coefficient (Wildman–Crippen LogP) is 5.16. The smallest absolute Gasteiger partial charge is 0.261 e. The fourth-order valence-electron chi connectivity index (χ4n) is 3.18. The number of rotatable bonds is 3. The van der Waals surface area contributed by atoms with Crippen LogP contribution in [0.5, 0.6) is 0 Å². The van der Waals surface area contributed by atoms with Crippen LogP contribution < -0.4 is 10.5 Å². The summed E-state index contributed by atoms with van der Waals surface area (Å²) in [6, 6.07) is 21.7. The summed E-state index contributed by atoms with van der Waals surface area (Å²) in [7, 11) is -3.56. The molecule has 0 aliphatic carbocycles. The Kier molecular flexibility index (Phi) is 6.00. The van der Waals surface area contributed by atoms with Crippen molar-refractivity contribution in [1.29, 1.82) is 0 Å². The van der Waals surface area contributed by atoms with Crippen molar-refractivity contribution in [3.63, 3.8) is 0 Å². The van der Waals surface area contributed by atoms with Gasteiger partial charge in [-0.1, -0.05) is 29.8 Å². The number of aromatic nitrogens is 2. The summed E-state index contributed by atoms with van der Waals surface area (Å²) in [5, 5.41) is 4.17. The van der Waals surface area contributed by atoms with Gasteiger partial charge in [0.2, 0.25) is 0 Å². The molecule has 0 unspecified atom stereocenters. The molecule has 2 heterocycles. The van der Waals surface area contributed by atoms with Gasteiger partial charge in [-0.2, -0.15) is 0 Å². The van der Waals surface area contributed by atoms with Crippen LogP contribution in [0.4, 0.5) is 11.4 Å². The van der Waals surface area contributed by atoms with Gasteiger partial charge < -0.3 is 5.73 Å². The molecule has 0 fully saturated rings. The first-order valence-corrected chi connectivity index (χ1v) is 11.4. The minimum atomic E-state index is -3.56. The third-order valence-corrected chi connectivity index (χ3v) is 6.29. The zero-order chi connectivity index (χ0) is 22.6. The summed E-state index contributed by atoms with van der Waals surface area (Å²) < 4.78 is 27.2. The zero-order valence-corrected chi connectivity index (χ0v) is 18.3. The highest BCUT2D eigenvalue weighted by molar-refractivity contribution is 7.92. The standard InChI is InChI=1S/C16H14N2O2S.C9H8N2/c1-12-2-6-16(7-3-12)21(19,20)18-15-5-4-14-11-17-9-8-13(14)10-15;10-9-2-1-8-6-11-4-3-7(8)5-9/h2-11,18H,1H3;1-6H,10H2. The first kappa shape index (κ1) is 21.3. The van der Waals surface area contributed by atoms with Gasteiger partial charge >= 0.3 is 0 Å². The lowest BCUT2D eigenvalue weighted by atomic mass is 10.2. The van der Waals surface area contributed by atoms with Crippen LogP contribution in [0.25, 0.3) is 21.5 Å². The molecular weight excluding hydrogens is 420 g/mol. The Hall–Kier alpha value is -3.97. The molecule has 0 aliphatic heterocycles. The Morgan fingerprint density at radius 3 is 1.97 bits per heavy atom. The summed E-state index contributed by atoms with van der Waals surface area (Å²) in [5.74, 6) is 0. The first-order valence-electron chi connectivity index (χ1n) is 9.93. The minimum Gasteiger partial charge on any atom is -0.399 e.